The van der Waals surface area contributed by atoms with Crippen LogP contribution in [0.1, 0.15) is 45.7 Å². The molecule has 2 aliphatic carbocycles. The molecule has 4 nitrogen and oxygen atoms in total. The number of aryl methyl sites for hydroxylation is 1. The first-order valence-electron chi connectivity index (χ1n) is 10.8. The van der Waals surface area contributed by atoms with Gasteiger partial charge in [-0.1, -0.05) is 36.0 Å². The molecule has 0 saturated heterocycles. The monoisotopic (exact) mass is 388 g/mol. The fourth-order valence-electron chi connectivity index (χ4n) is 4.61. The SMILES string of the molecule is CCNC1=C(C)CCN(c2nccc(C)n2)[C@@H]1C1=CC2C/C=C\C=C(\C)C(=C1)C2. The molecule has 2 atom stereocenters. The van der Waals surface area contributed by atoms with E-state index in [0.29, 0.717) is 5.92 Å². The molecule has 0 radical (unpaired) electrons. The topological polar surface area (TPSA) is 41.0 Å². The van der Waals surface area contributed by atoms with E-state index < -0.39 is 0 Å². The van der Waals surface area contributed by atoms with Gasteiger partial charge in [0.15, 0.2) is 0 Å². The minimum atomic E-state index is 0.138. The van der Waals surface area contributed by atoms with Crippen LogP contribution in [0, 0.1) is 12.8 Å². The Morgan fingerprint density at radius 1 is 1.24 bits per heavy atom. The maximum absolute atomic E-state index is 4.78. The standard InChI is InChI=1S/C25H32N4/c1-5-26-23-18(3)11-13-29(25-27-12-10-19(4)28-25)24(23)22-15-20-9-7-6-8-17(2)21(14-20)16-22/h6-8,10,12,15-16,20,24,26H,5,9,11,13-14H2,1-4H3/b7-6-,17-8-/t20?,24-/m1/s1. The molecule has 0 aromatic carbocycles. The maximum Gasteiger partial charge on any atom is 0.226 e. The van der Waals surface area contributed by atoms with Crippen LogP contribution >= 0.6 is 0 Å². The maximum atomic E-state index is 4.78. The second kappa shape index (κ2) is 8.40. The summed E-state index contributed by atoms with van der Waals surface area (Å²) in [5.41, 5.74) is 7.98. The van der Waals surface area contributed by atoms with E-state index in [2.05, 4.69) is 66.4 Å². The normalized spacial score (nSPS) is 27.3. The van der Waals surface area contributed by atoms with Crippen LogP contribution in [-0.4, -0.2) is 29.1 Å². The van der Waals surface area contributed by atoms with Gasteiger partial charge in [0.1, 0.15) is 0 Å². The van der Waals surface area contributed by atoms with E-state index in [1.54, 1.807) is 0 Å². The van der Waals surface area contributed by atoms with Crippen LogP contribution < -0.4 is 10.2 Å². The number of likely N-dealkylation sites (N-methyl/N-ethyl adjacent to an activating group) is 1. The lowest BCUT2D eigenvalue weighted by molar-refractivity contribution is 0.582. The quantitative estimate of drug-likeness (QED) is 0.786. The molecule has 1 aromatic heterocycles. The Morgan fingerprint density at radius 2 is 2.10 bits per heavy atom. The Hall–Kier alpha value is -2.62. The second-order valence-electron chi connectivity index (χ2n) is 8.38. The summed E-state index contributed by atoms with van der Waals surface area (Å²) in [6.07, 6.45) is 16.8. The predicted molar refractivity (Wildman–Crippen MR) is 121 cm³/mol. The van der Waals surface area contributed by atoms with Gasteiger partial charge in [-0.15, -0.1) is 0 Å². The minimum Gasteiger partial charge on any atom is -0.387 e. The van der Waals surface area contributed by atoms with Crippen LogP contribution in [-0.2, 0) is 0 Å². The summed E-state index contributed by atoms with van der Waals surface area (Å²) in [6, 6.07) is 2.11. The number of anilines is 1. The molecule has 1 N–H and O–H groups in total. The number of nitrogens with one attached hydrogen (secondary N) is 1. The van der Waals surface area contributed by atoms with E-state index in [9.17, 15) is 0 Å². The number of nitrogens with zero attached hydrogens (tertiary/aromatic N) is 3. The summed E-state index contributed by atoms with van der Waals surface area (Å²) < 4.78 is 0. The zero-order chi connectivity index (χ0) is 20.4. The number of allylic oxidation sites excluding steroid dienone is 6. The summed E-state index contributed by atoms with van der Waals surface area (Å²) in [5, 5.41) is 3.68. The molecule has 0 fully saturated rings. The molecule has 0 amide bonds. The lowest BCUT2D eigenvalue weighted by Gasteiger charge is -2.41. The van der Waals surface area contributed by atoms with Gasteiger partial charge in [-0.3, -0.25) is 0 Å². The van der Waals surface area contributed by atoms with E-state index in [4.69, 9.17) is 4.98 Å². The van der Waals surface area contributed by atoms with Gasteiger partial charge in [0.05, 0.1) is 6.04 Å². The van der Waals surface area contributed by atoms with Crippen molar-refractivity contribution in [1.82, 2.24) is 15.3 Å². The first-order valence-corrected chi connectivity index (χ1v) is 10.8. The van der Waals surface area contributed by atoms with Crippen LogP contribution in [0.25, 0.3) is 0 Å². The highest BCUT2D eigenvalue weighted by atomic mass is 15.3. The highest BCUT2D eigenvalue weighted by Crippen LogP contribution is 2.37. The fourth-order valence-corrected chi connectivity index (χ4v) is 4.61. The highest BCUT2D eigenvalue weighted by Gasteiger charge is 2.34. The lowest BCUT2D eigenvalue weighted by atomic mass is 9.80. The van der Waals surface area contributed by atoms with Crippen molar-refractivity contribution in [1.29, 1.82) is 0 Å². The predicted octanol–water partition coefficient (Wildman–Crippen LogP) is 5.03. The van der Waals surface area contributed by atoms with Gasteiger partial charge in [0.25, 0.3) is 0 Å². The Labute approximate surface area is 174 Å². The summed E-state index contributed by atoms with van der Waals surface area (Å²) in [6.45, 7) is 10.6. The summed E-state index contributed by atoms with van der Waals surface area (Å²) in [7, 11) is 0. The van der Waals surface area contributed by atoms with Gasteiger partial charge < -0.3 is 10.2 Å². The molecule has 4 heteroatoms. The van der Waals surface area contributed by atoms with Crippen LogP contribution in [0.5, 0.6) is 0 Å². The smallest absolute Gasteiger partial charge is 0.226 e. The molecule has 1 unspecified atom stereocenters. The van der Waals surface area contributed by atoms with Gasteiger partial charge >= 0.3 is 0 Å². The number of rotatable bonds is 4. The van der Waals surface area contributed by atoms with E-state index >= 15 is 0 Å². The zero-order valence-electron chi connectivity index (χ0n) is 18.1. The van der Waals surface area contributed by atoms with Crippen molar-refractivity contribution in [3.63, 3.8) is 0 Å². The Bertz CT molecular complexity index is 932. The van der Waals surface area contributed by atoms with Crippen molar-refractivity contribution in [3.8, 4) is 0 Å². The van der Waals surface area contributed by atoms with Crippen molar-refractivity contribution >= 4 is 5.95 Å². The van der Waals surface area contributed by atoms with Gasteiger partial charge in [-0.05, 0) is 75.7 Å². The van der Waals surface area contributed by atoms with E-state index in [1.165, 1.54) is 28.0 Å². The molecular formula is C25H32N4. The van der Waals surface area contributed by atoms with E-state index in [0.717, 1.165) is 44.0 Å². The van der Waals surface area contributed by atoms with Crippen molar-refractivity contribution in [3.05, 3.63) is 76.3 Å². The molecular weight excluding hydrogens is 356 g/mol. The second-order valence-corrected chi connectivity index (χ2v) is 8.38. The average molecular weight is 389 g/mol. The molecule has 0 saturated carbocycles. The first-order chi connectivity index (χ1) is 14.1. The first kappa shape index (κ1) is 19.7. The summed E-state index contributed by atoms with van der Waals surface area (Å²) in [4.78, 5) is 11.8. The van der Waals surface area contributed by atoms with Crippen LogP contribution in [0.4, 0.5) is 5.95 Å². The fraction of sp³-hybridized carbons (Fsp3) is 0.440. The van der Waals surface area contributed by atoms with Gasteiger partial charge in [0, 0.05) is 30.7 Å². The van der Waals surface area contributed by atoms with Crippen molar-refractivity contribution in [2.75, 3.05) is 18.0 Å². The molecule has 0 spiro atoms. The number of fused-ring (bicyclic) bond motifs is 2. The Morgan fingerprint density at radius 3 is 2.90 bits per heavy atom. The molecule has 4 rings (SSSR count). The number of aromatic nitrogens is 2. The summed E-state index contributed by atoms with van der Waals surface area (Å²) in [5.74, 6) is 1.38. The van der Waals surface area contributed by atoms with E-state index in [-0.39, 0.29) is 6.04 Å². The molecule has 3 aliphatic rings. The van der Waals surface area contributed by atoms with Crippen LogP contribution in [0.15, 0.2) is 70.6 Å². The Kier molecular flexibility index (Phi) is 5.70. The highest BCUT2D eigenvalue weighted by molar-refractivity contribution is 5.54. The third-order valence-electron chi connectivity index (χ3n) is 6.17. The summed E-state index contributed by atoms with van der Waals surface area (Å²) >= 11 is 0. The van der Waals surface area contributed by atoms with E-state index in [1.807, 2.05) is 19.2 Å². The van der Waals surface area contributed by atoms with Crippen LogP contribution in [0.3, 0.4) is 0 Å². The van der Waals surface area contributed by atoms with Gasteiger partial charge in [0.2, 0.25) is 5.95 Å². The van der Waals surface area contributed by atoms with Gasteiger partial charge in [-0.2, -0.15) is 0 Å². The van der Waals surface area contributed by atoms with Crippen molar-refractivity contribution < 1.29 is 0 Å². The van der Waals surface area contributed by atoms with Crippen molar-refractivity contribution in [2.45, 2.75) is 53.0 Å². The number of hydrogen-bond acceptors (Lipinski definition) is 4. The largest absolute Gasteiger partial charge is 0.387 e. The molecule has 1 aromatic rings. The molecule has 2 heterocycles. The van der Waals surface area contributed by atoms with Gasteiger partial charge in [-0.25, -0.2) is 9.97 Å². The average Bonchev–Trinajstić information content (AvgIpc) is 2.71. The molecule has 152 valence electrons. The minimum absolute atomic E-state index is 0.138. The third kappa shape index (κ3) is 4.07. The van der Waals surface area contributed by atoms with Crippen molar-refractivity contribution in [2.24, 2.45) is 5.92 Å². The zero-order valence-corrected chi connectivity index (χ0v) is 18.1. The molecule has 1 aliphatic heterocycles. The number of hydrogen-bond donors (Lipinski definition) is 1. The molecule has 2 bridgehead atoms. The molecule has 29 heavy (non-hydrogen) atoms. The lowest BCUT2D eigenvalue weighted by Crippen LogP contribution is -2.47. The Balaban J connectivity index is 1.82. The van der Waals surface area contributed by atoms with Crippen LogP contribution in [0.2, 0.25) is 0 Å². The third-order valence-corrected chi connectivity index (χ3v) is 6.17.